The molecule has 0 saturated carbocycles. The molecule has 0 radical (unpaired) electrons. The molecular weight excluding hydrogens is 239 g/mol. The average Bonchev–Trinajstić information content (AvgIpc) is 2.38. The van der Waals surface area contributed by atoms with Gasteiger partial charge in [0, 0.05) is 0 Å². The van der Waals surface area contributed by atoms with Crippen molar-refractivity contribution in [3.63, 3.8) is 0 Å². The standard InChI is InChI=1S/C14H13O2.K/c15-10-12-6-8-14(9-7-12)16-11-13-4-2-1-3-5-13;/h1-9H,10-11H2;/q-1;+1. The van der Waals surface area contributed by atoms with E-state index in [2.05, 4.69) is 0 Å². The van der Waals surface area contributed by atoms with Crippen molar-refractivity contribution in [1.29, 1.82) is 0 Å². The molecule has 3 heteroatoms. The van der Waals surface area contributed by atoms with Gasteiger partial charge in [-0.15, -0.1) is 6.61 Å². The number of benzene rings is 2. The van der Waals surface area contributed by atoms with Crippen molar-refractivity contribution in [1.82, 2.24) is 0 Å². The Labute approximate surface area is 144 Å². The smallest absolute Gasteiger partial charge is 0.851 e. The third-order valence-corrected chi connectivity index (χ3v) is 2.34. The Hall–Kier alpha value is -0.164. The van der Waals surface area contributed by atoms with Crippen LogP contribution in [-0.2, 0) is 13.2 Å². The van der Waals surface area contributed by atoms with Gasteiger partial charge in [0.15, 0.2) is 0 Å². The number of hydrogen-bond acceptors (Lipinski definition) is 2. The summed E-state index contributed by atoms with van der Waals surface area (Å²) in [6, 6.07) is 17.2. The number of rotatable bonds is 4. The molecule has 0 fully saturated rings. The van der Waals surface area contributed by atoms with Crippen LogP contribution in [-0.4, -0.2) is 0 Å². The van der Waals surface area contributed by atoms with Crippen molar-refractivity contribution in [3.8, 4) is 5.75 Å². The van der Waals surface area contributed by atoms with E-state index < -0.39 is 0 Å². The van der Waals surface area contributed by atoms with Crippen LogP contribution in [0, 0.1) is 0 Å². The summed E-state index contributed by atoms with van der Waals surface area (Å²) in [6.45, 7) is 0.372. The van der Waals surface area contributed by atoms with Gasteiger partial charge < -0.3 is 9.84 Å². The SMILES string of the molecule is [K+].[O-]Cc1ccc(OCc2ccccc2)cc1. The molecule has 0 bridgehead atoms. The van der Waals surface area contributed by atoms with Gasteiger partial charge in [0.1, 0.15) is 12.4 Å². The fourth-order valence-electron chi connectivity index (χ4n) is 1.42. The van der Waals surface area contributed by atoms with Gasteiger partial charge in [-0.25, -0.2) is 0 Å². The molecule has 2 nitrogen and oxygen atoms in total. The van der Waals surface area contributed by atoms with E-state index in [0.29, 0.717) is 6.61 Å². The number of hydrogen-bond donors (Lipinski definition) is 0. The molecule has 0 aliphatic heterocycles. The van der Waals surface area contributed by atoms with Crippen LogP contribution >= 0.6 is 0 Å². The Bertz CT molecular complexity index is 426. The maximum Gasteiger partial charge on any atom is 1.00 e. The Morgan fingerprint density at radius 2 is 1.47 bits per heavy atom. The Morgan fingerprint density at radius 1 is 0.824 bits per heavy atom. The van der Waals surface area contributed by atoms with Crippen LogP contribution in [0.1, 0.15) is 11.1 Å². The Balaban J connectivity index is 0.00000144. The second-order valence-corrected chi connectivity index (χ2v) is 3.56. The molecule has 0 heterocycles. The molecule has 17 heavy (non-hydrogen) atoms. The molecule has 0 aromatic heterocycles. The Morgan fingerprint density at radius 3 is 2.06 bits per heavy atom. The summed E-state index contributed by atoms with van der Waals surface area (Å²) in [4.78, 5) is 0. The van der Waals surface area contributed by atoms with Gasteiger partial charge in [-0.3, -0.25) is 0 Å². The van der Waals surface area contributed by atoms with E-state index in [9.17, 15) is 5.11 Å². The molecular formula is C14H13KO2. The van der Waals surface area contributed by atoms with Crippen LogP contribution in [0.3, 0.4) is 0 Å². The zero-order valence-corrected chi connectivity index (χ0v) is 13.0. The maximum atomic E-state index is 10.6. The second kappa shape index (κ2) is 8.03. The monoisotopic (exact) mass is 252 g/mol. The molecule has 0 aliphatic carbocycles. The molecule has 0 amide bonds. The fraction of sp³-hybridized carbons (Fsp3) is 0.143. The maximum absolute atomic E-state index is 10.6. The molecule has 2 rings (SSSR count). The topological polar surface area (TPSA) is 32.3 Å². The van der Waals surface area contributed by atoms with E-state index in [1.807, 2.05) is 42.5 Å². The van der Waals surface area contributed by atoms with Crippen LogP contribution in [0.4, 0.5) is 0 Å². The van der Waals surface area contributed by atoms with E-state index in [1.165, 1.54) is 0 Å². The average molecular weight is 252 g/mol. The zero-order chi connectivity index (χ0) is 11.2. The predicted octanol–water partition coefficient (Wildman–Crippen LogP) is -0.870. The summed E-state index contributed by atoms with van der Waals surface area (Å²) in [5, 5.41) is 10.6. The molecule has 2 aromatic rings. The summed E-state index contributed by atoms with van der Waals surface area (Å²) in [7, 11) is 0. The van der Waals surface area contributed by atoms with Gasteiger partial charge in [-0.2, -0.15) is 0 Å². The second-order valence-electron chi connectivity index (χ2n) is 3.56. The minimum Gasteiger partial charge on any atom is -0.851 e. The van der Waals surface area contributed by atoms with Gasteiger partial charge in [-0.1, -0.05) is 48.0 Å². The molecule has 0 unspecified atom stereocenters. The van der Waals surface area contributed by atoms with Crippen molar-refractivity contribution in [3.05, 3.63) is 65.7 Å². The number of ether oxygens (including phenoxy) is 1. The van der Waals surface area contributed by atoms with E-state index >= 15 is 0 Å². The first-order chi connectivity index (χ1) is 7.88. The van der Waals surface area contributed by atoms with Crippen LogP contribution in [0.15, 0.2) is 54.6 Å². The molecule has 0 atom stereocenters. The molecule has 0 saturated heterocycles. The summed E-state index contributed by atoms with van der Waals surface area (Å²) < 4.78 is 5.59. The van der Waals surface area contributed by atoms with Gasteiger partial charge in [0.05, 0.1) is 0 Å². The van der Waals surface area contributed by atoms with E-state index in [-0.39, 0.29) is 58.0 Å². The normalized spacial score (nSPS) is 9.47. The molecule has 0 aliphatic rings. The minimum atomic E-state index is -0.182. The summed E-state index contributed by atoms with van der Waals surface area (Å²) in [5.74, 6) is 0.793. The van der Waals surface area contributed by atoms with Gasteiger partial charge >= 0.3 is 51.4 Å². The van der Waals surface area contributed by atoms with Crippen molar-refractivity contribution in [2.75, 3.05) is 0 Å². The van der Waals surface area contributed by atoms with E-state index in [4.69, 9.17) is 4.74 Å². The largest absolute Gasteiger partial charge is 1.00 e. The predicted molar refractivity (Wildman–Crippen MR) is 60.9 cm³/mol. The molecule has 0 N–H and O–H groups in total. The minimum absolute atomic E-state index is 0. The Kier molecular flexibility index (Phi) is 7.04. The molecule has 2 aromatic carbocycles. The van der Waals surface area contributed by atoms with Crippen LogP contribution < -0.4 is 61.2 Å². The van der Waals surface area contributed by atoms with Gasteiger partial charge in [-0.05, 0) is 17.7 Å². The zero-order valence-electron chi connectivity index (χ0n) is 9.93. The van der Waals surface area contributed by atoms with E-state index in [0.717, 1.165) is 16.9 Å². The molecule has 0 spiro atoms. The fourth-order valence-corrected chi connectivity index (χ4v) is 1.42. The third-order valence-electron chi connectivity index (χ3n) is 2.34. The first-order valence-electron chi connectivity index (χ1n) is 5.22. The molecule has 82 valence electrons. The first kappa shape index (κ1) is 14.9. The van der Waals surface area contributed by atoms with Crippen molar-refractivity contribution >= 4 is 0 Å². The van der Waals surface area contributed by atoms with Crippen LogP contribution in [0.2, 0.25) is 0 Å². The van der Waals surface area contributed by atoms with Crippen LogP contribution in [0.5, 0.6) is 5.75 Å². The first-order valence-corrected chi connectivity index (χ1v) is 5.22. The van der Waals surface area contributed by atoms with Crippen LogP contribution in [0.25, 0.3) is 0 Å². The van der Waals surface area contributed by atoms with Crippen molar-refractivity contribution in [2.24, 2.45) is 0 Å². The van der Waals surface area contributed by atoms with E-state index in [1.54, 1.807) is 12.1 Å². The van der Waals surface area contributed by atoms with Crippen molar-refractivity contribution < 1.29 is 61.2 Å². The summed E-state index contributed by atoms with van der Waals surface area (Å²) >= 11 is 0. The summed E-state index contributed by atoms with van der Waals surface area (Å²) in [6.07, 6.45) is 0. The quantitative estimate of drug-likeness (QED) is 0.663. The van der Waals surface area contributed by atoms with Gasteiger partial charge in [0.25, 0.3) is 0 Å². The third kappa shape index (κ3) is 4.91. The van der Waals surface area contributed by atoms with Crippen molar-refractivity contribution in [2.45, 2.75) is 13.2 Å². The summed E-state index contributed by atoms with van der Waals surface area (Å²) in [5.41, 5.74) is 1.92. The van der Waals surface area contributed by atoms with Gasteiger partial charge in [0.2, 0.25) is 0 Å².